The number of H-pyrrole nitrogens is 1. The Labute approximate surface area is 189 Å². The minimum absolute atomic E-state index is 0.142. The SMILES string of the molecule is CC1(C)c2cc(COS(=O)(=O)C(F)(F)F)c(Br)cc2C(=O)c2c1[nH]c1cc(C#N)ccc21. The van der Waals surface area contributed by atoms with Crippen molar-refractivity contribution in [2.45, 2.75) is 31.4 Å². The first kappa shape index (κ1) is 22.5. The molecule has 1 N–H and O–H groups in total. The van der Waals surface area contributed by atoms with Gasteiger partial charge < -0.3 is 4.98 Å². The van der Waals surface area contributed by atoms with Crippen LogP contribution in [0.1, 0.15) is 52.2 Å². The number of fused-ring (bicyclic) bond motifs is 4. The molecule has 4 rings (SSSR count). The molecule has 2 aromatic carbocycles. The summed E-state index contributed by atoms with van der Waals surface area (Å²) in [6.45, 7) is 2.82. The highest BCUT2D eigenvalue weighted by Crippen LogP contribution is 2.45. The Kier molecular flexibility index (Phi) is 5.04. The van der Waals surface area contributed by atoms with Crippen LogP contribution in [0, 0.1) is 11.3 Å². The fourth-order valence-electron chi connectivity index (χ4n) is 3.88. The van der Waals surface area contributed by atoms with Gasteiger partial charge >= 0.3 is 15.6 Å². The molecule has 0 aliphatic heterocycles. The first-order chi connectivity index (χ1) is 14.8. The topological polar surface area (TPSA) is 100 Å². The summed E-state index contributed by atoms with van der Waals surface area (Å²) in [5, 5.41) is 9.81. The summed E-state index contributed by atoms with van der Waals surface area (Å²) in [7, 11) is -5.77. The molecule has 0 saturated carbocycles. The van der Waals surface area contributed by atoms with Crippen LogP contribution < -0.4 is 0 Å². The quantitative estimate of drug-likeness (QED) is 0.380. The predicted octanol–water partition coefficient (Wildman–Crippen LogP) is 5.04. The van der Waals surface area contributed by atoms with Crippen LogP contribution in [0.2, 0.25) is 0 Å². The third-order valence-electron chi connectivity index (χ3n) is 5.54. The van der Waals surface area contributed by atoms with Crippen molar-refractivity contribution < 1.29 is 30.6 Å². The molecule has 0 unspecified atom stereocenters. The standard InChI is InChI=1S/C21H14BrF3N2O4S/c1-20(2)14-6-11(9-31-32(29,30)21(23,24)25)15(22)7-13(14)18(28)17-12-4-3-10(8-26)5-16(12)27-19(17)20/h3-7,27H,9H2,1-2H3. The Morgan fingerprint density at radius 1 is 1.22 bits per heavy atom. The second kappa shape index (κ2) is 7.16. The first-order valence-corrected chi connectivity index (χ1v) is 11.4. The highest BCUT2D eigenvalue weighted by molar-refractivity contribution is 9.10. The average molecular weight is 527 g/mol. The summed E-state index contributed by atoms with van der Waals surface area (Å²) in [6.07, 6.45) is 0. The van der Waals surface area contributed by atoms with Crippen LogP contribution in [0.5, 0.6) is 0 Å². The molecule has 6 nitrogen and oxygen atoms in total. The third-order valence-corrected chi connectivity index (χ3v) is 7.27. The fraction of sp³-hybridized carbons (Fsp3) is 0.238. The van der Waals surface area contributed by atoms with Gasteiger partial charge in [-0.3, -0.25) is 8.98 Å². The third kappa shape index (κ3) is 3.34. The summed E-state index contributed by atoms with van der Waals surface area (Å²) in [5.74, 6) is -0.290. The highest BCUT2D eigenvalue weighted by atomic mass is 79.9. The van der Waals surface area contributed by atoms with Crippen LogP contribution >= 0.6 is 15.9 Å². The minimum Gasteiger partial charge on any atom is -0.357 e. The summed E-state index contributed by atoms with van der Waals surface area (Å²) >= 11 is 3.21. The summed E-state index contributed by atoms with van der Waals surface area (Å²) in [5.41, 5.74) is -3.24. The van der Waals surface area contributed by atoms with Gasteiger partial charge in [-0.25, -0.2) is 0 Å². The van der Waals surface area contributed by atoms with Crippen LogP contribution in [-0.2, 0) is 26.3 Å². The van der Waals surface area contributed by atoms with E-state index >= 15 is 0 Å². The van der Waals surface area contributed by atoms with Crippen molar-refractivity contribution in [3.05, 3.63) is 68.3 Å². The van der Waals surface area contributed by atoms with Crippen LogP contribution in [0.15, 0.2) is 34.8 Å². The molecule has 1 aromatic heterocycles. The number of benzene rings is 2. The number of carbonyl (C=O) groups excluding carboxylic acids is 1. The zero-order valence-corrected chi connectivity index (χ0v) is 19.0. The van der Waals surface area contributed by atoms with Crippen LogP contribution in [0.25, 0.3) is 10.9 Å². The Bertz CT molecular complexity index is 1450. The van der Waals surface area contributed by atoms with Crippen molar-refractivity contribution in [3.8, 4) is 6.07 Å². The molecule has 0 spiro atoms. The number of alkyl halides is 3. The van der Waals surface area contributed by atoms with E-state index in [1.54, 1.807) is 18.2 Å². The lowest BCUT2D eigenvalue weighted by atomic mass is 9.71. The number of hydrogen-bond acceptors (Lipinski definition) is 5. The fourth-order valence-corrected chi connectivity index (χ4v) is 4.76. The molecule has 1 aliphatic rings. The molecule has 0 amide bonds. The molecule has 11 heteroatoms. The molecule has 166 valence electrons. The van der Waals surface area contributed by atoms with Crippen molar-refractivity contribution in [2.75, 3.05) is 0 Å². The van der Waals surface area contributed by atoms with E-state index in [0.717, 1.165) is 0 Å². The van der Waals surface area contributed by atoms with Crippen molar-refractivity contribution >= 4 is 42.7 Å². The molecular formula is C21H14BrF3N2O4S. The van der Waals surface area contributed by atoms with E-state index in [0.29, 0.717) is 38.9 Å². The lowest BCUT2D eigenvalue weighted by Gasteiger charge is -2.32. The zero-order chi connectivity index (χ0) is 23.6. The Morgan fingerprint density at radius 2 is 1.91 bits per heavy atom. The maximum Gasteiger partial charge on any atom is 0.523 e. The predicted molar refractivity (Wildman–Crippen MR) is 112 cm³/mol. The summed E-state index contributed by atoms with van der Waals surface area (Å²) < 4.78 is 64.8. The van der Waals surface area contributed by atoms with Gasteiger partial charge in [0.25, 0.3) is 0 Å². The smallest absolute Gasteiger partial charge is 0.357 e. The van der Waals surface area contributed by atoms with Gasteiger partial charge in [0.15, 0.2) is 5.78 Å². The Hall–Kier alpha value is -2.68. The number of rotatable bonds is 3. The van der Waals surface area contributed by atoms with Gasteiger partial charge in [-0.05, 0) is 29.3 Å². The Balaban J connectivity index is 1.83. The number of aromatic amines is 1. The van der Waals surface area contributed by atoms with E-state index < -0.39 is 27.6 Å². The van der Waals surface area contributed by atoms with Crippen molar-refractivity contribution in [1.82, 2.24) is 4.98 Å². The van der Waals surface area contributed by atoms with E-state index in [2.05, 4.69) is 25.1 Å². The monoisotopic (exact) mass is 526 g/mol. The second-order valence-electron chi connectivity index (χ2n) is 7.85. The molecule has 0 fully saturated rings. The lowest BCUT2D eigenvalue weighted by Crippen LogP contribution is -2.31. The molecule has 0 bridgehead atoms. The van der Waals surface area contributed by atoms with Gasteiger partial charge in [-0.1, -0.05) is 41.9 Å². The van der Waals surface area contributed by atoms with Crippen LogP contribution in [0.4, 0.5) is 13.2 Å². The van der Waals surface area contributed by atoms with E-state index in [4.69, 9.17) is 5.26 Å². The largest absolute Gasteiger partial charge is 0.523 e. The van der Waals surface area contributed by atoms with E-state index in [1.165, 1.54) is 12.1 Å². The van der Waals surface area contributed by atoms with Crippen molar-refractivity contribution in [3.63, 3.8) is 0 Å². The number of carbonyl (C=O) groups is 1. The average Bonchev–Trinajstić information content (AvgIpc) is 3.10. The zero-order valence-electron chi connectivity index (χ0n) is 16.6. The van der Waals surface area contributed by atoms with Crippen molar-refractivity contribution in [2.24, 2.45) is 0 Å². The van der Waals surface area contributed by atoms with E-state index in [1.807, 2.05) is 19.9 Å². The molecule has 0 saturated heterocycles. The minimum atomic E-state index is -5.77. The molecular weight excluding hydrogens is 513 g/mol. The van der Waals surface area contributed by atoms with Gasteiger partial charge in [0, 0.05) is 32.0 Å². The number of nitriles is 1. The molecule has 3 aromatic rings. The van der Waals surface area contributed by atoms with Gasteiger partial charge in [0.1, 0.15) is 0 Å². The lowest BCUT2D eigenvalue weighted by molar-refractivity contribution is -0.0548. The molecule has 1 heterocycles. The normalized spacial score (nSPS) is 15.3. The molecule has 32 heavy (non-hydrogen) atoms. The molecule has 0 atom stereocenters. The van der Waals surface area contributed by atoms with Crippen LogP contribution in [-0.4, -0.2) is 24.7 Å². The van der Waals surface area contributed by atoms with Gasteiger partial charge in [0.2, 0.25) is 0 Å². The maximum atomic E-state index is 13.4. The first-order valence-electron chi connectivity index (χ1n) is 9.17. The maximum absolute atomic E-state index is 13.4. The van der Waals surface area contributed by atoms with Gasteiger partial charge in [-0.2, -0.15) is 26.9 Å². The number of nitrogens with one attached hydrogen (secondary N) is 1. The number of ketones is 1. The summed E-state index contributed by atoms with van der Waals surface area (Å²) in [6, 6.07) is 9.93. The van der Waals surface area contributed by atoms with Gasteiger partial charge in [-0.15, -0.1) is 0 Å². The van der Waals surface area contributed by atoms with E-state index in [-0.39, 0.29) is 15.8 Å². The Morgan fingerprint density at radius 3 is 2.53 bits per heavy atom. The molecule has 0 radical (unpaired) electrons. The van der Waals surface area contributed by atoms with Crippen LogP contribution in [0.3, 0.4) is 0 Å². The van der Waals surface area contributed by atoms with Crippen molar-refractivity contribution in [1.29, 1.82) is 5.26 Å². The summed E-state index contributed by atoms with van der Waals surface area (Å²) in [4.78, 5) is 16.6. The number of halogens is 4. The highest BCUT2D eigenvalue weighted by Gasteiger charge is 2.47. The molecule has 1 aliphatic carbocycles. The van der Waals surface area contributed by atoms with Gasteiger partial charge in [0.05, 0.1) is 23.8 Å². The van der Waals surface area contributed by atoms with E-state index in [9.17, 15) is 26.4 Å². The number of nitrogens with zero attached hydrogens (tertiary/aromatic N) is 1. The number of aromatic nitrogens is 1. The number of hydrogen-bond donors (Lipinski definition) is 1. The second-order valence-corrected chi connectivity index (χ2v) is 10.3.